The van der Waals surface area contributed by atoms with Gasteiger partial charge in [0.15, 0.2) is 0 Å². The van der Waals surface area contributed by atoms with Crippen LogP contribution in [-0.4, -0.2) is 29.2 Å². The minimum atomic E-state index is -0.125. The van der Waals surface area contributed by atoms with E-state index >= 15 is 0 Å². The Balaban J connectivity index is 2.17. The van der Waals surface area contributed by atoms with Crippen molar-refractivity contribution < 1.29 is 9.90 Å². The summed E-state index contributed by atoms with van der Waals surface area (Å²) in [6.07, 6.45) is 0. The first-order valence-electron chi connectivity index (χ1n) is 4.04. The van der Waals surface area contributed by atoms with Crippen LogP contribution in [0.4, 0.5) is 10.5 Å². The van der Waals surface area contributed by atoms with E-state index in [9.17, 15) is 4.79 Å². The standard InChI is InChI=1S/C8H10N2O2S/c11-3-2-10-5-7-6(1-4-13-7)9-8(10)12/h1,4,11H,2-3,5H2,(H,9,12). The molecule has 0 saturated heterocycles. The van der Waals surface area contributed by atoms with Gasteiger partial charge in [0.2, 0.25) is 0 Å². The van der Waals surface area contributed by atoms with Gasteiger partial charge in [0.1, 0.15) is 0 Å². The quantitative estimate of drug-likeness (QED) is 0.747. The van der Waals surface area contributed by atoms with Crippen LogP contribution in [0.3, 0.4) is 0 Å². The molecule has 0 atom stereocenters. The number of nitrogens with zero attached hydrogens (tertiary/aromatic N) is 1. The van der Waals surface area contributed by atoms with Crippen LogP contribution in [0.5, 0.6) is 0 Å². The maximum Gasteiger partial charge on any atom is 0.322 e. The first-order valence-corrected chi connectivity index (χ1v) is 4.92. The first-order chi connectivity index (χ1) is 6.31. The van der Waals surface area contributed by atoms with Gasteiger partial charge in [-0.1, -0.05) is 0 Å². The van der Waals surface area contributed by atoms with Crippen LogP contribution >= 0.6 is 11.3 Å². The lowest BCUT2D eigenvalue weighted by molar-refractivity contribution is 0.184. The number of hydrogen-bond acceptors (Lipinski definition) is 3. The number of carbonyl (C=O) groups is 1. The van der Waals surface area contributed by atoms with Gasteiger partial charge < -0.3 is 15.3 Å². The van der Waals surface area contributed by atoms with E-state index in [0.29, 0.717) is 13.1 Å². The van der Waals surface area contributed by atoms with Gasteiger partial charge in [-0.15, -0.1) is 11.3 Å². The topological polar surface area (TPSA) is 52.6 Å². The number of β-amino-alcohol motifs (C(OH)–C–C–N with tert-alkyl or cyclic N) is 1. The molecule has 2 amide bonds. The molecule has 0 bridgehead atoms. The van der Waals surface area contributed by atoms with Gasteiger partial charge in [0.25, 0.3) is 0 Å². The Morgan fingerprint density at radius 3 is 3.31 bits per heavy atom. The molecule has 0 aliphatic carbocycles. The van der Waals surface area contributed by atoms with Crippen LogP contribution in [0.25, 0.3) is 0 Å². The Bertz CT molecular complexity index is 324. The molecule has 0 aromatic carbocycles. The fraction of sp³-hybridized carbons (Fsp3) is 0.375. The van der Waals surface area contributed by atoms with Gasteiger partial charge in [-0.25, -0.2) is 4.79 Å². The predicted octanol–water partition coefficient (Wildman–Crippen LogP) is 1.09. The molecule has 1 aromatic heterocycles. The number of hydrogen-bond donors (Lipinski definition) is 2. The van der Waals surface area contributed by atoms with Crippen molar-refractivity contribution >= 4 is 23.1 Å². The Morgan fingerprint density at radius 2 is 2.54 bits per heavy atom. The molecular formula is C8H10N2O2S. The first kappa shape index (κ1) is 8.52. The van der Waals surface area contributed by atoms with Crippen molar-refractivity contribution in [3.05, 3.63) is 16.3 Å². The van der Waals surface area contributed by atoms with Crippen LogP contribution < -0.4 is 5.32 Å². The van der Waals surface area contributed by atoms with Crippen molar-refractivity contribution in [3.8, 4) is 0 Å². The normalized spacial score (nSPS) is 15.5. The molecule has 2 N–H and O–H groups in total. The molecule has 0 radical (unpaired) electrons. The predicted molar refractivity (Wildman–Crippen MR) is 50.8 cm³/mol. The lowest BCUT2D eigenvalue weighted by atomic mass is 10.3. The summed E-state index contributed by atoms with van der Waals surface area (Å²) in [6.45, 7) is 1.01. The molecule has 1 aliphatic heterocycles. The summed E-state index contributed by atoms with van der Waals surface area (Å²) < 4.78 is 0. The van der Waals surface area contributed by atoms with E-state index in [4.69, 9.17) is 5.11 Å². The maximum atomic E-state index is 11.4. The van der Waals surface area contributed by atoms with Crippen molar-refractivity contribution in [2.75, 3.05) is 18.5 Å². The largest absolute Gasteiger partial charge is 0.395 e. The van der Waals surface area contributed by atoms with E-state index in [-0.39, 0.29) is 12.6 Å². The highest BCUT2D eigenvalue weighted by Gasteiger charge is 2.22. The zero-order chi connectivity index (χ0) is 9.26. The molecule has 13 heavy (non-hydrogen) atoms. The second-order valence-corrected chi connectivity index (χ2v) is 3.83. The van der Waals surface area contributed by atoms with E-state index < -0.39 is 0 Å². The lowest BCUT2D eigenvalue weighted by Crippen LogP contribution is -2.39. The van der Waals surface area contributed by atoms with Crippen LogP contribution in [0, 0.1) is 0 Å². The van der Waals surface area contributed by atoms with Gasteiger partial charge >= 0.3 is 6.03 Å². The number of rotatable bonds is 2. The van der Waals surface area contributed by atoms with E-state index in [1.54, 1.807) is 16.2 Å². The molecule has 1 aliphatic rings. The third-order valence-electron chi connectivity index (χ3n) is 1.98. The second-order valence-electron chi connectivity index (χ2n) is 2.83. The Labute approximate surface area is 79.8 Å². The van der Waals surface area contributed by atoms with Crippen LogP contribution in [0.2, 0.25) is 0 Å². The van der Waals surface area contributed by atoms with Crippen LogP contribution in [0.1, 0.15) is 4.88 Å². The van der Waals surface area contributed by atoms with Crippen molar-refractivity contribution in [3.63, 3.8) is 0 Å². The Morgan fingerprint density at radius 1 is 1.69 bits per heavy atom. The summed E-state index contributed by atoms with van der Waals surface area (Å²) in [5.74, 6) is 0. The lowest BCUT2D eigenvalue weighted by Gasteiger charge is -2.26. The minimum Gasteiger partial charge on any atom is -0.395 e. The van der Waals surface area contributed by atoms with Crippen molar-refractivity contribution in [1.29, 1.82) is 0 Å². The van der Waals surface area contributed by atoms with Gasteiger partial charge in [-0.2, -0.15) is 0 Å². The number of nitrogens with one attached hydrogen (secondary N) is 1. The van der Waals surface area contributed by atoms with Gasteiger partial charge in [-0.05, 0) is 11.4 Å². The van der Waals surface area contributed by atoms with Crippen LogP contribution in [-0.2, 0) is 6.54 Å². The minimum absolute atomic E-state index is 0.00806. The molecule has 0 fully saturated rings. The molecule has 5 heteroatoms. The summed E-state index contributed by atoms with van der Waals surface area (Å²) in [7, 11) is 0. The average molecular weight is 198 g/mol. The SMILES string of the molecule is O=C1Nc2ccsc2CN1CCO. The zero-order valence-electron chi connectivity index (χ0n) is 6.99. The molecule has 4 nitrogen and oxygen atoms in total. The van der Waals surface area contributed by atoms with E-state index in [1.807, 2.05) is 11.4 Å². The molecule has 2 heterocycles. The molecule has 0 spiro atoms. The van der Waals surface area contributed by atoms with E-state index in [1.165, 1.54) is 0 Å². The second kappa shape index (κ2) is 3.35. The highest BCUT2D eigenvalue weighted by atomic mass is 32.1. The summed E-state index contributed by atoms with van der Waals surface area (Å²) in [5, 5.41) is 13.4. The van der Waals surface area contributed by atoms with Crippen molar-refractivity contribution in [2.24, 2.45) is 0 Å². The Hall–Kier alpha value is -1.07. The fourth-order valence-electron chi connectivity index (χ4n) is 1.32. The number of thiophene rings is 1. The molecule has 0 saturated carbocycles. The molecule has 0 unspecified atom stereocenters. The number of aliphatic hydroxyl groups excluding tert-OH is 1. The van der Waals surface area contributed by atoms with E-state index in [2.05, 4.69) is 5.32 Å². The van der Waals surface area contributed by atoms with Gasteiger partial charge in [-0.3, -0.25) is 0 Å². The maximum absolute atomic E-state index is 11.4. The van der Waals surface area contributed by atoms with Crippen molar-refractivity contribution in [1.82, 2.24) is 4.90 Å². The number of aliphatic hydroxyl groups is 1. The number of fused-ring (bicyclic) bond motifs is 1. The fourth-order valence-corrected chi connectivity index (χ4v) is 2.16. The van der Waals surface area contributed by atoms with Crippen molar-refractivity contribution in [2.45, 2.75) is 6.54 Å². The summed E-state index contributed by atoms with van der Waals surface area (Å²) in [6, 6.07) is 1.77. The number of carbonyl (C=O) groups excluding carboxylic acids is 1. The molecular weight excluding hydrogens is 188 g/mol. The number of urea groups is 1. The Kier molecular flexibility index (Phi) is 2.20. The third-order valence-corrected chi connectivity index (χ3v) is 2.88. The highest BCUT2D eigenvalue weighted by molar-refractivity contribution is 7.10. The van der Waals surface area contributed by atoms with Crippen LogP contribution in [0.15, 0.2) is 11.4 Å². The molecule has 2 rings (SSSR count). The summed E-state index contributed by atoms with van der Waals surface area (Å²) in [4.78, 5) is 14.1. The molecule has 70 valence electrons. The highest BCUT2D eigenvalue weighted by Crippen LogP contribution is 2.27. The summed E-state index contributed by atoms with van der Waals surface area (Å²) >= 11 is 1.62. The monoisotopic (exact) mass is 198 g/mol. The smallest absolute Gasteiger partial charge is 0.322 e. The van der Waals surface area contributed by atoms with Gasteiger partial charge in [0.05, 0.1) is 18.8 Å². The number of amides is 2. The zero-order valence-corrected chi connectivity index (χ0v) is 7.80. The number of anilines is 1. The average Bonchev–Trinajstić information content (AvgIpc) is 2.52. The van der Waals surface area contributed by atoms with Gasteiger partial charge in [0, 0.05) is 11.4 Å². The third kappa shape index (κ3) is 1.52. The summed E-state index contributed by atoms with van der Waals surface area (Å²) in [5.41, 5.74) is 0.907. The molecule has 1 aromatic rings. The van der Waals surface area contributed by atoms with E-state index in [0.717, 1.165) is 10.6 Å².